The van der Waals surface area contributed by atoms with Crippen LogP contribution in [0, 0.1) is 0 Å². The molecule has 2 amide bonds. The molecular weight excluding hydrogens is 268 g/mol. The fourth-order valence-corrected chi connectivity index (χ4v) is 2.62. The fraction of sp³-hybridized carbons (Fsp3) is 0.438. The van der Waals surface area contributed by atoms with Crippen LogP contribution in [0.4, 0.5) is 0 Å². The van der Waals surface area contributed by atoms with Crippen LogP contribution in [0.5, 0.6) is 0 Å². The van der Waals surface area contributed by atoms with Crippen LogP contribution in [0.1, 0.15) is 31.2 Å². The van der Waals surface area contributed by atoms with Gasteiger partial charge in [0.1, 0.15) is 6.04 Å². The van der Waals surface area contributed by atoms with Gasteiger partial charge >= 0.3 is 0 Å². The summed E-state index contributed by atoms with van der Waals surface area (Å²) in [6.07, 6.45) is 2.65. The van der Waals surface area contributed by atoms with Gasteiger partial charge in [0.15, 0.2) is 0 Å². The van der Waals surface area contributed by atoms with Crippen molar-refractivity contribution in [2.45, 2.75) is 44.3 Å². The molecule has 5 heteroatoms. The molecule has 0 aromatic heterocycles. The van der Waals surface area contributed by atoms with Crippen LogP contribution in [0.2, 0.25) is 0 Å². The van der Waals surface area contributed by atoms with Crippen LogP contribution in [0.3, 0.4) is 0 Å². The van der Waals surface area contributed by atoms with Crippen molar-refractivity contribution in [3.63, 3.8) is 0 Å². The summed E-state index contributed by atoms with van der Waals surface area (Å²) in [5.41, 5.74) is 0.966. The second-order valence-electron chi connectivity index (χ2n) is 5.67. The van der Waals surface area contributed by atoms with Gasteiger partial charge in [0.2, 0.25) is 11.7 Å². The van der Waals surface area contributed by atoms with Crippen molar-refractivity contribution in [3.05, 3.63) is 35.9 Å². The maximum atomic E-state index is 12.2. The number of nitrogens with one attached hydrogen (secondary N) is 1. The summed E-state index contributed by atoms with van der Waals surface area (Å²) in [6.45, 7) is 0.382. The van der Waals surface area contributed by atoms with Crippen molar-refractivity contribution in [1.29, 1.82) is 0 Å². The summed E-state index contributed by atoms with van der Waals surface area (Å²) in [5.74, 6) is -1.09. The Morgan fingerprint density at radius 1 is 1.14 bits per heavy atom. The Morgan fingerprint density at radius 2 is 1.86 bits per heavy atom. The monoisotopic (exact) mass is 286 g/mol. The third kappa shape index (κ3) is 3.12. The number of ketones is 1. The fourth-order valence-electron chi connectivity index (χ4n) is 2.62. The number of Topliss-reactive ketones (excluding diaryl/α,β-unsaturated/α-hetero) is 1. The number of hydrogen-bond acceptors (Lipinski definition) is 3. The average molecular weight is 286 g/mol. The van der Waals surface area contributed by atoms with Crippen LogP contribution in [0.25, 0.3) is 0 Å². The first-order valence-electron chi connectivity index (χ1n) is 7.33. The second kappa shape index (κ2) is 5.68. The van der Waals surface area contributed by atoms with Crippen molar-refractivity contribution >= 4 is 17.6 Å². The topological polar surface area (TPSA) is 66.5 Å². The predicted molar refractivity (Wildman–Crippen MR) is 76.2 cm³/mol. The molecule has 2 aliphatic rings. The lowest BCUT2D eigenvalue weighted by Gasteiger charge is -2.23. The Kier molecular flexibility index (Phi) is 3.73. The predicted octanol–water partition coefficient (Wildman–Crippen LogP) is 1.03. The number of nitrogens with zero attached hydrogens (tertiary/aromatic N) is 1. The van der Waals surface area contributed by atoms with Crippen LogP contribution in [-0.2, 0) is 20.9 Å². The van der Waals surface area contributed by atoms with Gasteiger partial charge in [-0.3, -0.25) is 14.4 Å². The lowest BCUT2D eigenvalue weighted by molar-refractivity contribution is -0.143. The van der Waals surface area contributed by atoms with Crippen molar-refractivity contribution in [3.8, 4) is 0 Å². The molecule has 0 spiro atoms. The zero-order valence-electron chi connectivity index (χ0n) is 11.7. The van der Waals surface area contributed by atoms with E-state index in [1.54, 1.807) is 0 Å². The molecule has 1 saturated carbocycles. The van der Waals surface area contributed by atoms with Gasteiger partial charge < -0.3 is 10.2 Å². The molecule has 1 aromatic carbocycles. The first-order chi connectivity index (χ1) is 10.1. The van der Waals surface area contributed by atoms with E-state index in [4.69, 9.17) is 0 Å². The first kappa shape index (κ1) is 13.8. The quantitative estimate of drug-likeness (QED) is 0.822. The van der Waals surface area contributed by atoms with Crippen LogP contribution in [-0.4, -0.2) is 34.6 Å². The summed E-state index contributed by atoms with van der Waals surface area (Å²) >= 11 is 0. The lowest BCUT2D eigenvalue weighted by atomic mass is 10.1. The highest BCUT2D eigenvalue weighted by atomic mass is 16.2. The highest BCUT2D eigenvalue weighted by molar-refractivity contribution is 6.38. The van der Waals surface area contributed by atoms with E-state index in [2.05, 4.69) is 5.32 Å². The van der Waals surface area contributed by atoms with E-state index < -0.39 is 17.7 Å². The zero-order valence-corrected chi connectivity index (χ0v) is 11.7. The second-order valence-corrected chi connectivity index (χ2v) is 5.67. The van der Waals surface area contributed by atoms with E-state index in [-0.39, 0.29) is 11.9 Å². The Hall–Kier alpha value is -2.17. The number of benzene rings is 1. The highest BCUT2D eigenvalue weighted by Crippen LogP contribution is 2.23. The summed E-state index contributed by atoms with van der Waals surface area (Å²) in [4.78, 5) is 37.7. The Labute approximate surface area is 123 Å². The maximum Gasteiger partial charge on any atom is 0.289 e. The average Bonchev–Trinajstić information content (AvgIpc) is 3.23. The number of rotatable bonds is 5. The van der Waals surface area contributed by atoms with Gasteiger partial charge in [0.05, 0.1) is 0 Å². The molecule has 1 aromatic rings. The van der Waals surface area contributed by atoms with Gasteiger partial charge in [-0.05, 0) is 24.8 Å². The molecule has 1 N–H and O–H groups in total. The van der Waals surface area contributed by atoms with Crippen LogP contribution in [0.15, 0.2) is 30.3 Å². The van der Waals surface area contributed by atoms with Gasteiger partial charge in [-0.1, -0.05) is 30.3 Å². The normalized spacial score (nSPS) is 21.4. The summed E-state index contributed by atoms with van der Waals surface area (Å²) in [7, 11) is 0. The van der Waals surface area contributed by atoms with Crippen LogP contribution < -0.4 is 5.32 Å². The minimum atomic E-state index is -0.614. The summed E-state index contributed by atoms with van der Waals surface area (Å²) < 4.78 is 0. The Bertz CT molecular complexity index is 566. The Balaban J connectivity index is 1.69. The van der Waals surface area contributed by atoms with Crippen molar-refractivity contribution < 1.29 is 14.4 Å². The number of hydrogen-bond donors (Lipinski definition) is 1. The molecule has 3 rings (SSSR count). The van der Waals surface area contributed by atoms with Gasteiger partial charge in [-0.2, -0.15) is 0 Å². The molecule has 1 atom stereocenters. The van der Waals surface area contributed by atoms with E-state index in [1.165, 1.54) is 4.90 Å². The third-order valence-corrected chi connectivity index (χ3v) is 3.96. The van der Waals surface area contributed by atoms with E-state index in [9.17, 15) is 14.4 Å². The molecule has 5 nitrogen and oxygen atoms in total. The molecular formula is C16H18N2O3. The van der Waals surface area contributed by atoms with Crippen LogP contribution >= 0.6 is 0 Å². The number of likely N-dealkylation sites (tertiary alicyclic amines) is 1. The SMILES string of the molecule is O=C(NC1CC1)C(=O)C1CCC(=O)N1Cc1ccccc1. The summed E-state index contributed by atoms with van der Waals surface area (Å²) in [5, 5.41) is 2.70. The first-order valence-corrected chi connectivity index (χ1v) is 7.33. The van der Waals surface area contributed by atoms with E-state index in [0.29, 0.717) is 19.4 Å². The zero-order chi connectivity index (χ0) is 14.8. The largest absolute Gasteiger partial charge is 0.347 e. The molecule has 1 aliphatic carbocycles. The van der Waals surface area contributed by atoms with E-state index in [1.807, 2.05) is 30.3 Å². The van der Waals surface area contributed by atoms with Gasteiger partial charge in [0, 0.05) is 19.0 Å². The number of carbonyl (C=O) groups excluding carboxylic acids is 3. The van der Waals surface area contributed by atoms with Crippen molar-refractivity contribution in [2.75, 3.05) is 0 Å². The lowest BCUT2D eigenvalue weighted by Crippen LogP contribution is -2.45. The molecule has 1 heterocycles. The van der Waals surface area contributed by atoms with Gasteiger partial charge in [0.25, 0.3) is 5.91 Å². The van der Waals surface area contributed by atoms with Gasteiger partial charge in [-0.15, -0.1) is 0 Å². The van der Waals surface area contributed by atoms with Crippen molar-refractivity contribution in [2.24, 2.45) is 0 Å². The molecule has 1 saturated heterocycles. The minimum absolute atomic E-state index is 0.0589. The highest BCUT2D eigenvalue weighted by Gasteiger charge is 2.39. The maximum absolute atomic E-state index is 12.2. The summed E-state index contributed by atoms with van der Waals surface area (Å²) in [6, 6.07) is 9.06. The molecule has 0 bridgehead atoms. The van der Waals surface area contributed by atoms with Crippen molar-refractivity contribution in [1.82, 2.24) is 10.2 Å². The molecule has 0 radical (unpaired) electrons. The standard InChI is InChI=1S/C16H18N2O3/c19-14-9-8-13(15(20)16(21)17-12-6-7-12)18(14)10-11-4-2-1-3-5-11/h1-5,12-13H,6-10H2,(H,17,21). The molecule has 1 unspecified atom stereocenters. The molecule has 2 fully saturated rings. The third-order valence-electron chi connectivity index (χ3n) is 3.96. The Morgan fingerprint density at radius 3 is 2.52 bits per heavy atom. The smallest absolute Gasteiger partial charge is 0.289 e. The molecule has 1 aliphatic heterocycles. The van der Waals surface area contributed by atoms with E-state index >= 15 is 0 Å². The minimum Gasteiger partial charge on any atom is -0.347 e. The number of carbonyl (C=O) groups is 3. The molecule has 110 valence electrons. The molecule has 21 heavy (non-hydrogen) atoms. The van der Waals surface area contributed by atoms with E-state index in [0.717, 1.165) is 18.4 Å². The number of amides is 2. The van der Waals surface area contributed by atoms with Gasteiger partial charge in [-0.25, -0.2) is 0 Å².